The number of benzene rings is 2. The second-order valence-corrected chi connectivity index (χ2v) is 6.60. The molecule has 0 fully saturated rings. The molecule has 1 heterocycles. The molecule has 0 bridgehead atoms. The van der Waals surface area contributed by atoms with Crippen LogP contribution in [-0.2, 0) is 6.54 Å². The van der Waals surface area contributed by atoms with E-state index >= 15 is 0 Å². The summed E-state index contributed by atoms with van der Waals surface area (Å²) in [5, 5.41) is 8.47. The minimum absolute atomic E-state index is 0.463. The van der Waals surface area contributed by atoms with E-state index in [1.807, 2.05) is 72.8 Å². The summed E-state index contributed by atoms with van der Waals surface area (Å²) in [4.78, 5) is 1.13. The summed E-state index contributed by atoms with van der Waals surface area (Å²) in [6, 6.07) is 23.9. The van der Waals surface area contributed by atoms with Crippen molar-refractivity contribution in [1.82, 2.24) is 10.7 Å². The van der Waals surface area contributed by atoms with Crippen molar-refractivity contribution < 1.29 is 4.42 Å². The third kappa shape index (κ3) is 5.77. The van der Waals surface area contributed by atoms with Crippen LogP contribution in [0.3, 0.4) is 0 Å². The fourth-order valence-electron chi connectivity index (χ4n) is 2.04. The van der Waals surface area contributed by atoms with Crippen LogP contribution in [0.25, 0.3) is 0 Å². The van der Waals surface area contributed by atoms with Gasteiger partial charge in [0.2, 0.25) is 0 Å². The second kappa shape index (κ2) is 9.05. The van der Waals surface area contributed by atoms with Crippen LogP contribution >= 0.6 is 24.0 Å². The molecule has 0 saturated heterocycles. The fraction of sp³-hybridized carbons (Fsp3) is 0.0526. The summed E-state index contributed by atoms with van der Waals surface area (Å²) in [6.07, 6.45) is 1.60. The van der Waals surface area contributed by atoms with Crippen molar-refractivity contribution >= 4 is 35.3 Å². The molecule has 0 radical (unpaired) electrons. The molecule has 126 valence electrons. The van der Waals surface area contributed by atoms with E-state index in [2.05, 4.69) is 15.8 Å². The zero-order chi connectivity index (χ0) is 17.3. The maximum absolute atomic E-state index is 5.71. The first-order valence-electron chi connectivity index (χ1n) is 7.73. The van der Waals surface area contributed by atoms with E-state index in [-0.39, 0.29) is 0 Å². The zero-order valence-corrected chi connectivity index (χ0v) is 15.0. The summed E-state index contributed by atoms with van der Waals surface area (Å²) in [7, 11) is 0. The monoisotopic (exact) mass is 367 g/mol. The lowest BCUT2D eigenvalue weighted by atomic mass is 10.2. The van der Waals surface area contributed by atoms with Crippen LogP contribution in [0.4, 0.5) is 0 Å². The number of hydrogen-bond donors (Lipinski definition) is 2. The van der Waals surface area contributed by atoms with Crippen LogP contribution in [0.2, 0.25) is 0 Å². The van der Waals surface area contributed by atoms with E-state index in [0.717, 1.165) is 15.6 Å². The molecule has 0 saturated carbocycles. The standard InChI is InChI=1S/C19H17N3OS2/c24-19(20-13-15-7-3-1-4-8-15)22-21-14-16-11-12-18(23-16)25-17-9-5-2-6-10-17/h1-12,14H,13H2,(H2,20,22,24)/b21-14-. The Morgan fingerprint density at radius 3 is 2.48 bits per heavy atom. The van der Waals surface area contributed by atoms with Gasteiger partial charge in [-0.05, 0) is 42.0 Å². The van der Waals surface area contributed by atoms with Crippen LogP contribution in [0, 0.1) is 0 Å². The Kier molecular flexibility index (Phi) is 6.25. The Balaban J connectivity index is 1.45. The number of thiocarbonyl (C=S) groups is 1. The molecule has 0 aliphatic heterocycles. The fourth-order valence-corrected chi connectivity index (χ4v) is 2.96. The highest BCUT2D eigenvalue weighted by Gasteiger charge is 2.02. The molecule has 3 rings (SSSR count). The first-order chi connectivity index (χ1) is 12.3. The van der Waals surface area contributed by atoms with Crippen molar-refractivity contribution in [2.75, 3.05) is 0 Å². The summed E-state index contributed by atoms with van der Waals surface area (Å²) >= 11 is 6.76. The van der Waals surface area contributed by atoms with Crippen LogP contribution in [0.1, 0.15) is 11.3 Å². The smallest absolute Gasteiger partial charge is 0.187 e. The molecule has 2 aromatic carbocycles. The Morgan fingerprint density at radius 1 is 1.00 bits per heavy atom. The molecule has 25 heavy (non-hydrogen) atoms. The molecule has 6 heteroatoms. The summed E-state index contributed by atoms with van der Waals surface area (Å²) in [6.45, 7) is 0.654. The van der Waals surface area contributed by atoms with Gasteiger partial charge >= 0.3 is 0 Å². The maximum atomic E-state index is 5.71. The lowest BCUT2D eigenvalue weighted by Gasteiger charge is -2.06. The number of furan rings is 1. The van der Waals surface area contributed by atoms with E-state index in [1.54, 1.807) is 18.0 Å². The van der Waals surface area contributed by atoms with E-state index < -0.39 is 0 Å². The van der Waals surface area contributed by atoms with Crippen molar-refractivity contribution in [3.05, 3.63) is 84.1 Å². The molecule has 0 amide bonds. The first-order valence-corrected chi connectivity index (χ1v) is 8.96. The number of nitrogens with one attached hydrogen (secondary N) is 2. The van der Waals surface area contributed by atoms with E-state index in [0.29, 0.717) is 17.4 Å². The van der Waals surface area contributed by atoms with E-state index in [4.69, 9.17) is 16.6 Å². The highest BCUT2D eigenvalue weighted by atomic mass is 32.2. The number of hydrazone groups is 1. The van der Waals surface area contributed by atoms with Gasteiger partial charge in [0.1, 0.15) is 5.76 Å². The molecular weight excluding hydrogens is 350 g/mol. The molecule has 0 unspecified atom stereocenters. The molecule has 3 aromatic rings. The van der Waals surface area contributed by atoms with Gasteiger partial charge in [0, 0.05) is 11.4 Å². The highest BCUT2D eigenvalue weighted by molar-refractivity contribution is 7.99. The van der Waals surface area contributed by atoms with Gasteiger partial charge in [-0.15, -0.1) is 0 Å². The van der Waals surface area contributed by atoms with Gasteiger partial charge in [0.25, 0.3) is 0 Å². The van der Waals surface area contributed by atoms with Crippen molar-refractivity contribution in [2.45, 2.75) is 16.5 Å². The molecule has 0 aliphatic carbocycles. The third-order valence-electron chi connectivity index (χ3n) is 3.22. The Morgan fingerprint density at radius 2 is 1.72 bits per heavy atom. The van der Waals surface area contributed by atoms with Gasteiger partial charge in [-0.2, -0.15) is 5.10 Å². The van der Waals surface area contributed by atoms with Crippen LogP contribution in [0.5, 0.6) is 0 Å². The molecule has 0 spiro atoms. The normalized spacial score (nSPS) is 10.7. The van der Waals surface area contributed by atoms with Crippen LogP contribution < -0.4 is 10.7 Å². The van der Waals surface area contributed by atoms with E-state index in [1.165, 1.54) is 0 Å². The van der Waals surface area contributed by atoms with Crippen molar-refractivity contribution in [3.8, 4) is 0 Å². The molecule has 0 aliphatic rings. The van der Waals surface area contributed by atoms with Gasteiger partial charge in [-0.25, -0.2) is 0 Å². The minimum atomic E-state index is 0.463. The highest BCUT2D eigenvalue weighted by Crippen LogP contribution is 2.28. The van der Waals surface area contributed by atoms with Crippen molar-refractivity contribution in [3.63, 3.8) is 0 Å². The van der Waals surface area contributed by atoms with Crippen LogP contribution in [0.15, 0.2) is 92.3 Å². The lowest BCUT2D eigenvalue weighted by Crippen LogP contribution is -2.31. The maximum Gasteiger partial charge on any atom is 0.187 e. The third-order valence-corrected chi connectivity index (χ3v) is 4.38. The number of nitrogens with zero attached hydrogens (tertiary/aromatic N) is 1. The SMILES string of the molecule is S=C(NCc1ccccc1)N/N=C\c1ccc(Sc2ccccc2)o1. The Bertz CT molecular complexity index is 832. The average Bonchev–Trinajstić information content (AvgIpc) is 3.09. The predicted molar refractivity (Wildman–Crippen MR) is 106 cm³/mol. The summed E-state index contributed by atoms with van der Waals surface area (Å²) in [5.41, 5.74) is 3.94. The second-order valence-electron chi connectivity index (χ2n) is 5.11. The number of rotatable bonds is 6. The van der Waals surface area contributed by atoms with Crippen LogP contribution in [-0.4, -0.2) is 11.3 Å². The number of hydrogen-bond acceptors (Lipinski definition) is 4. The summed E-state index contributed by atoms with van der Waals surface area (Å²) < 4.78 is 5.71. The van der Waals surface area contributed by atoms with E-state index in [9.17, 15) is 0 Å². The topological polar surface area (TPSA) is 49.6 Å². The quantitative estimate of drug-likeness (QED) is 0.383. The van der Waals surface area contributed by atoms with Gasteiger partial charge in [-0.3, -0.25) is 5.43 Å². The average molecular weight is 367 g/mol. The Labute approximate surface area is 156 Å². The molecular formula is C19H17N3OS2. The lowest BCUT2D eigenvalue weighted by molar-refractivity contribution is 0.469. The Hall–Kier alpha value is -2.57. The minimum Gasteiger partial charge on any atom is -0.448 e. The molecule has 4 nitrogen and oxygen atoms in total. The van der Waals surface area contributed by atoms with Gasteiger partial charge in [0.05, 0.1) is 6.21 Å². The molecule has 2 N–H and O–H groups in total. The van der Waals surface area contributed by atoms with Crippen molar-refractivity contribution in [1.29, 1.82) is 0 Å². The van der Waals surface area contributed by atoms with Gasteiger partial charge in [-0.1, -0.05) is 60.3 Å². The predicted octanol–water partition coefficient (Wildman–Crippen LogP) is 4.43. The van der Waals surface area contributed by atoms with Gasteiger partial charge < -0.3 is 9.73 Å². The van der Waals surface area contributed by atoms with Gasteiger partial charge in [0.15, 0.2) is 10.2 Å². The largest absolute Gasteiger partial charge is 0.448 e. The zero-order valence-electron chi connectivity index (χ0n) is 13.4. The summed E-state index contributed by atoms with van der Waals surface area (Å²) in [5.74, 6) is 0.664. The first kappa shape index (κ1) is 17.3. The molecule has 0 atom stereocenters. The molecule has 1 aromatic heterocycles. The van der Waals surface area contributed by atoms with Crippen molar-refractivity contribution in [2.24, 2.45) is 5.10 Å².